The lowest BCUT2D eigenvalue weighted by Gasteiger charge is -2.33. The van der Waals surface area contributed by atoms with Crippen LogP contribution in [-0.4, -0.2) is 25.8 Å². The molecule has 2 aromatic carbocycles. The quantitative estimate of drug-likeness (QED) is 0.862. The molecule has 1 atom stereocenters. The molecule has 5 heteroatoms. The van der Waals surface area contributed by atoms with Gasteiger partial charge in [0.15, 0.2) is 23.1 Å². The number of methoxy groups -OCH3 is 2. The zero-order chi connectivity index (χ0) is 20.1. The number of fused-ring (bicyclic) bond motifs is 2. The van der Waals surface area contributed by atoms with E-state index in [1.54, 1.807) is 14.2 Å². The summed E-state index contributed by atoms with van der Waals surface area (Å²) in [6, 6.07) is 13.3. The average molecular weight is 387 g/mol. The summed E-state index contributed by atoms with van der Waals surface area (Å²) in [7, 11) is 3.17. The second kappa shape index (κ2) is 6.62. The molecule has 1 unspecified atom stereocenters. The maximum atomic E-state index is 13.4. The van der Waals surface area contributed by atoms with Gasteiger partial charge in [-0.1, -0.05) is 30.3 Å². The third-order valence-corrected chi connectivity index (χ3v) is 6.01. The number of hydrogen-bond donors (Lipinski definition) is 1. The Morgan fingerprint density at radius 3 is 2.41 bits per heavy atom. The largest absolute Gasteiger partial charge is 0.493 e. The summed E-state index contributed by atoms with van der Waals surface area (Å²) >= 11 is 0. The van der Waals surface area contributed by atoms with Crippen LogP contribution in [-0.2, 0) is 4.79 Å². The molecule has 0 saturated carbocycles. The Balaban J connectivity index is 1.74. The van der Waals surface area contributed by atoms with E-state index < -0.39 is 5.92 Å². The highest BCUT2D eigenvalue weighted by Crippen LogP contribution is 2.49. The van der Waals surface area contributed by atoms with Gasteiger partial charge < -0.3 is 14.8 Å². The second-order valence-corrected chi connectivity index (χ2v) is 7.50. The Morgan fingerprint density at radius 1 is 0.897 bits per heavy atom. The van der Waals surface area contributed by atoms with Crippen LogP contribution in [0.15, 0.2) is 59.3 Å². The van der Waals surface area contributed by atoms with Crippen molar-refractivity contribution in [2.45, 2.75) is 25.2 Å². The molecule has 0 bridgehead atoms. The van der Waals surface area contributed by atoms with Gasteiger partial charge in [-0.15, -0.1) is 0 Å². The van der Waals surface area contributed by atoms with E-state index in [0.717, 1.165) is 35.4 Å². The number of nitrogens with one attached hydrogen (secondary N) is 1. The molecule has 29 heavy (non-hydrogen) atoms. The molecule has 0 spiro atoms. The van der Waals surface area contributed by atoms with E-state index >= 15 is 0 Å². The maximum absolute atomic E-state index is 13.4. The number of rotatable bonds is 3. The molecule has 5 rings (SSSR count). The Hall–Kier alpha value is -3.34. The summed E-state index contributed by atoms with van der Waals surface area (Å²) < 4.78 is 10.9. The zero-order valence-corrected chi connectivity index (χ0v) is 16.4. The number of carbonyl (C=O) groups excluding carboxylic acids is 2. The zero-order valence-electron chi connectivity index (χ0n) is 16.4. The monoisotopic (exact) mass is 387 g/mol. The molecule has 1 aliphatic heterocycles. The smallest absolute Gasteiger partial charge is 0.192 e. The molecule has 5 nitrogen and oxygen atoms in total. The lowest BCUT2D eigenvalue weighted by atomic mass is 9.75. The summed E-state index contributed by atoms with van der Waals surface area (Å²) in [5.74, 6) is 0.874. The molecule has 0 aromatic heterocycles. The van der Waals surface area contributed by atoms with E-state index in [-0.39, 0.29) is 11.6 Å². The maximum Gasteiger partial charge on any atom is 0.192 e. The molecule has 0 radical (unpaired) electrons. The third-order valence-electron chi connectivity index (χ3n) is 6.01. The van der Waals surface area contributed by atoms with E-state index in [1.807, 2.05) is 42.5 Å². The van der Waals surface area contributed by atoms with E-state index in [2.05, 4.69) is 5.32 Å². The Kier molecular flexibility index (Phi) is 4.05. The van der Waals surface area contributed by atoms with Crippen molar-refractivity contribution in [3.8, 4) is 11.5 Å². The van der Waals surface area contributed by atoms with Gasteiger partial charge in [0.1, 0.15) is 0 Å². The van der Waals surface area contributed by atoms with Gasteiger partial charge in [0.25, 0.3) is 0 Å². The van der Waals surface area contributed by atoms with Crippen molar-refractivity contribution < 1.29 is 19.1 Å². The fourth-order valence-electron chi connectivity index (χ4n) is 4.70. The van der Waals surface area contributed by atoms with Crippen LogP contribution >= 0.6 is 0 Å². The van der Waals surface area contributed by atoms with Gasteiger partial charge in [0.2, 0.25) is 0 Å². The number of benzene rings is 2. The first kappa shape index (κ1) is 17.7. The highest BCUT2D eigenvalue weighted by molar-refractivity contribution is 6.23. The molecule has 146 valence electrons. The number of hydrogen-bond acceptors (Lipinski definition) is 5. The lowest BCUT2D eigenvalue weighted by Crippen LogP contribution is -2.31. The summed E-state index contributed by atoms with van der Waals surface area (Å²) in [6.45, 7) is 0. The summed E-state index contributed by atoms with van der Waals surface area (Å²) in [6.07, 6.45) is 2.13. The van der Waals surface area contributed by atoms with Gasteiger partial charge in [-0.05, 0) is 30.5 Å². The predicted molar refractivity (Wildman–Crippen MR) is 109 cm³/mol. The Bertz CT molecular complexity index is 1130. The van der Waals surface area contributed by atoms with E-state index in [4.69, 9.17) is 9.47 Å². The van der Waals surface area contributed by atoms with Crippen LogP contribution in [0.3, 0.4) is 0 Å². The van der Waals surface area contributed by atoms with Crippen LogP contribution in [0.5, 0.6) is 11.5 Å². The second-order valence-electron chi connectivity index (χ2n) is 7.50. The average Bonchev–Trinajstić information content (AvgIpc) is 3.04. The van der Waals surface area contributed by atoms with Gasteiger partial charge in [-0.3, -0.25) is 9.59 Å². The summed E-state index contributed by atoms with van der Waals surface area (Å²) in [5, 5.41) is 3.45. The van der Waals surface area contributed by atoms with Crippen LogP contribution in [0.1, 0.15) is 46.7 Å². The van der Waals surface area contributed by atoms with Crippen molar-refractivity contribution in [3.05, 3.63) is 76.0 Å². The van der Waals surface area contributed by atoms with Crippen molar-refractivity contribution in [1.29, 1.82) is 0 Å². The minimum Gasteiger partial charge on any atom is -0.493 e. The van der Waals surface area contributed by atoms with Crippen LogP contribution in [0, 0.1) is 0 Å². The fourth-order valence-corrected chi connectivity index (χ4v) is 4.70. The number of ether oxygens (including phenoxy) is 2. The van der Waals surface area contributed by atoms with Crippen molar-refractivity contribution >= 4 is 17.3 Å². The van der Waals surface area contributed by atoms with Crippen LogP contribution in [0.25, 0.3) is 5.70 Å². The standard InChI is InChI=1S/C24H21NO4/c1-28-18-11-10-13(12-19(18)29-2)20-21-16(8-5-9-17(21)26)25-23-14-6-3-4-7-15(14)24(27)22(20)23/h3-4,6-7,10-12,20,25H,5,8-9H2,1-2H3. The van der Waals surface area contributed by atoms with Gasteiger partial charge in [0, 0.05) is 40.3 Å². The SMILES string of the molecule is COc1ccc(C2C3=C(CCCC3=O)NC3=C2C(=O)c2ccccc23)cc1OC. The summed E-state index contributed by atoms with van der Waals surface area (Å²) in [4.78, 5) is 26.4. The molecule has 0 saturated heterocycles. The molecule has 2 aliphatic carbocycles. The highest BCUT2D eigenvalue weighted by Gasteiger charge is 2.43. The molecule has 0 fully saturated rings. The normalized spacial score (nSPS) is 20.1. The molecule has 0 amide bonds. The number of carbonyl (C=O) groups is 2. The first-order chi connectivity index (χ1) is 14.1. The summed E-state index contributed by atoms with van der Waals surface area (Å²) in [5.41, 5.74) is 5.57. The molecule has 1 N–H and O–H groups in total. The molecular weight excluding hydrogens is 366 g/mol. The molecule has 1 heterocycles. The van der Waals surface area contributed by atoms with Crippen LogP contribution in [0.4, 0.5) is 0 Å². The van der Waals surface area contributed by atoms with E-state index in [1.165, 1.54) is 0 Å². The minimum atomic E-state index is -0.409. The number of Topliss-reactive ketones (excluding diaryl/α,β-unsaturated/α-hetero) is 2. The topological polar surface area (TPSA) is 64.6 Å². The van der Waals surface area contributed by atoms with Gasteiger partial charge in [-0.25, -0.2) is 0 Å². The molecule has 3 aliphatic rings. The first-order valence-corrected chi connectivity index (χ1v) is 9.77. The van der Waals surface area contributed by atoms with Crippen molar-refractivity contribution in [1.82, 2.24) is 5.32 Å². The predicted octanol–water partition coefficient (Wildman–Crippen LogP) is 4.01. The molecular formula is C24H21NO4. The van der Waals surface area contributed by atoms with Gasteiger partial charge >= 0.3 is 0 Å². The van der Waals surface area contributed by atoms with Crippen molar-refractivity contribution in [2.24, 2.45) is 0 Å². The molecule has 2 aromatic rings. The minimum absolute atomic E-state index is 0.0205. The van der Waals surface area contributed by atoms with E-state index in [0.29, 0.717) is 34.6 Å². The van der Waals surface area contributed by atoms with Crippen LogP contribution in [0.2, 0.25) is 0 Å². The van der Waals surface area contributed by atoms with Crippen LogP contribution < -0.4 is 14.8 Å². The number of dihydropyridines is 1. The van der Waals surface area contributed by atoms with Crippen molar-refractivity contribution in [2.75, 3.05) is 14.2 Å². The van der Waals surface area contributed by atoms with Gasteiger partial charge in [0.05, 0.1) is 19.9 Å². The number of ketones is 2. The van der Waals surface area contributed by atoms with Crippen molar-refractivity contribution in [3.63, 3.8) is 0 Å². The fraction of sp³-hybridized carbons (Fsp3) is 0.250. The number of allylic oxidation sites excluding steroid dienone is 3. The Labute approximate surface area is 169 Å². The van der Waals surface area contributed by atoms with E-state index in [9.17, 15) is 9.59 Å². The third kappa shape index (κ3) is 2.54. The Morgan fingerprint density at radius 2 is 1.66 bits per heavy atom. The lowest BCUT2D eigenvalue weighted by molar-refractivity contribution is -0.116. The first-order valence-electron chi connectivity index (χ1n) is 9.77. The van der Waals surface area contributed by atoms with Gasteiger partial charge in [-0.2, -0.15) is 0 Å². The highest BCUT2D eigenvalue weighted by atomic mass is 16.5.